The van der Waals surface area contributed by atoms with Crippen molar-refractivity contribution in [2.75, 3.05) is 11.6 Å². The maximum absolute atomic E-state index is 12.3. The first-order chi connectivity index (χ1) is 13.5. The first kappa shape index (κ1) is 19.9. The third-order valence-electron chi connectivity index (χ3n) is 4.04. The second-order valence-electron chi connectivity index (χ2n) is 5.93. The van der Waals surface area contributed by atoms with Gasteiger partial charge in [0.2, 0.25) is 0 Å². The molecule has 3 aromatic rings. The van der Waals surface area contributed by atoms with Crippen LogP contribution in [0, 0.1) is 13.8 Å². The van der Waals surface area contributed by atoms with Crippen molar-refractivity contribution in [2.24, 2.45) is 0 Å². The molecule has 6 nitrogen and oxygen atoms in total. The number of nitrogens with zero attached hydrogens (tertiary/aromatic N) is 4. The SMILES string of the molecule is C=C/C=C(\SC)c1ccc(C)c(-c2cnc(NC(=O)c3snnc3C)cn2)c1. The van der Waals surface area contributed by atoms with Crippen LogP contribution in [0.2, 0.25) is 0 Å². The molecule has 0 aliphatic carbocycles. The van der Waals surface area contributed by atoms with Crippen molar-refractivity contribution in [3.05, 3.63) is 71.0 Å². The Morgan fingerprint density at radius 3 is 2.68 bits per heavy atom. The van der Waals surface area contributed by atoms with E-state index in [0.29, 0.717) is 16.4 Å². The number of benzene rings is 1. The number of hydrogen-bond donors (Lipinski definition) is 1. The predicted molar refractivity (Wildman–Crippen MR) is 116 cm³/mol. The average molecular weight is 410 g/mol. The zero-order chi connectivity index (χ0) is 20.1. The first-order valence-corrected chi connectivity index (χ1v) is 10.4. The Hall–Kier alpha value is -2.84. The number of carbonyl (C=O) groups excluding carboxylic acids is 1. The van der Waals surface area contributed by atoms with E-state index >= 15 is 0 Å². The Kier molecular flexibility index (Phi) is 6.33. The number of amides is 1. The fraction of sp³-hybridized carbons (Fsp3) is 0.150. The van der Waals surface area contributed by atoms with E-state index < -0.39 is 0 Å². The number of rotatable bonds is 6. The van der Waals surface area contributed by atoms with Crippen LogP contribution < -0.4 is 5.32 Å². The first-order valence-electron chi connectivity index (χ1n) is 8.44. The summed E-state index contributed by atoms with van der Waals surface area (Å²) in [4.78, 5) is 22.7. The Morgan fingerprint density at radius 1 is 1.25 bits per heavy atom. The number of nitrogens with one attached hydrogen (secondary N) is 1. The van der Waals surface area contributed by atoms with Gasteiger partial charge >= 0.3 is 0 Å². The van der Waals surface area contributed by atoms with Gasteiger partial charge in [-0.3, -0.25) is 9.78 Å². The fourth-order valence-corrected chi connectivity index (χ4v) is 3.73. The Bertz CT molecular complexity index is 1040. The van der Waals surface area contributed by atoms with Crippen LogP contribution in [0.1, 0.15) is 26.5 Å². The maximum Gasteiger partial charge on any atom is 0.270 e. The van der Waals surface area contributed by atoms with Crippen molar-refractivity contribution in [3.63, 3.8) is 0 Å². The van der Waals surface area contributed by atoms with Crippen LogP contribution in [-0.4, -0.2) is 31.7 Å². The summed E-state index contributed by atoms with van der Waals surface area (Å²) >= 11 is 2.72. The van der Waals surface area contributed by atoms with Crippen LogP contribution in [0.25, 0.3) is 16.2 Å². The van der Waals surface area contributed by atoms with Gasteiger partial charge in [0.05, 0.1) is 23.8 Å². The third kappa shape index (κ3) is 4.35. The average Bonchev–Trinajstić information content (AvgIpc) is 3.13. The van der Waals surface area contributed by atoms with Crippen LogP contribution in [0.5, 0.6) is 0 Å². The minimum absolute atomic E-state index is 0.285. The van der Waals surface area contributed by atoms with Crippen molar-refractivity contribution >= 4 is 39.9 Å². The molecular weight excluding hydrogens is 390 g/mol. The molecule has 3 rings (SSSR count). The van der Waals surface area contributed by atoms with E-state index in [9.17, 15) is 4.79 Å². The molecule has 0 aliphatic rings. The Labute approximate surface area is 172 Å². The number of carbonyl (C=O) groups is 1. The molecule has 1 amide bonds. The predicted octanol–water partition coefficient (Wildman–Crippen LogP) is 4.75. The van der Waals surface area contributed by atoms with Gasteiger partial charge in [-0.05, 0) is 54.9 Å². The van der Waals surface area contributed by atoms with Crippen LogP contribution >= 0.6 is 23.3 Å². The number of hydrogen-bond acceptors (Lipinski definition) is 7. The molecule has 0 spiro atoms. The van der Waals surface area contributed by atoms with Crippen molar-refractivity contribution in [1.29, 1.82) is 0 Å². The lowest BCUT2D eigenvalue weighted by Crippen LogP contribution is -2.13. The van der Waals surface area contributed by atoms with Gasteiger partial charge in [0.25, 0.3) is 5.91 Å². The van der Waals surface area contributed by atoms with Crippen LogP contribution in [0.4, 0.5) is 5.82 Å². The molecule has 2 heterocycles. The highest BCUT2D eigenvalue weighted by atomic mass is 32.2. The van der Waals surface area contributed by atoms with Gasteiger partial charge in [-0.25, -0.2) is 4.98 Å². The number of thioether (sulfide) groups is 1. The molecule has 1 aromatic carbocycles. The van der Waals surface area contributed by atoms with Crippen LogP contribution in [0.15, 0.2) is 49.3 Å². The van der Waals surface area contributed by atoms with Gasteiger partial charge in [0, 0.05) is 10.5 Å². The minimum atomic E-state index is -0.285. The zero-order valence-electron chi connectivity index (χ0n) is 15.8. The van der Waals surface area contributed by atoms with Crippen molar-refractivity contribution < 1.29 is 4.79 Å². The zero-order valence-corrected chi connectivity index (χ0v) is 17.4. The van der Waals surface area contributed by atoms with E-state index in [4.69, 9.17) is 0 Å². The van der Waals surface area contributed by atoms with Gasteiger partial charge in [-0.15, -0.1) is 16.9 Å². The quantitative estimate of drug-likeness (QED) is 0.592. The summed E-state index contributed by atoms with van der Waals surface area (Å²) in [5.41, 5.74) is 4.53. The van der Waals surface area contributed by atoms with E-state index in [2.05, 4.69) is 49.6 Å². The molecule has 8 heteroatoms. The monoisotopic (exact) mass is 409 g/mol. The van der Waals surface area contributed by atoms with Gasteiger partial charge in [-0.1, -0.05) is 29.3 Å². The minimum Gasteiger partial charge on any atom is -0.304 e. The van der Waals surface area contributed by atoms with Gasteiger partial charge in [-0.2, -0.15) is 0 Å². The second kappa shape index (κ2) is 8.90. The number of anilines is 1. The summed E-state index contributed by atoms with van der Waals surface area (Å²) in [6.07, 6.45) is 9.02. The largest absolute Gasteiger partial charge is 0.304 e. The molecule has 0 unspecified atom stereocenters. The lowest BCUT2D eigenvalue weighted by Gasteiger charge is -2.10. The molecule has 0 radical (unpaired) electrons. The van der Waals surface area contributed by atoms with Crippen molar-refractivity contribution in [1.82, 2.24) is 19.6 Å². The maximum atomic E-state index is 12.3. The molecular formula is C20H19N5OS2. The van der Waals surface area contributed by atoms with Gasteiger partial charge in [0.15, 0.2) is 5.82 Å². The number of aryl methyl sites for hydroxylation is 2. The summed E-state index contributed by atoms with van der Waals surface area (Å²) in [6.45, 7) is 7.55. The standard InChI is InChI=1S/C20H19N5OS2/c1-5-6-17(27-4)14-8-7-12(2)15(9-14)16-10-22-18(11-21-16)23-20(26)19-13(3)24-25-28-19/h5-11H,1H2,2-4H3,(H,22,23,26)/b17-6-. The molecule has 142 valence electrons. The highest BCUT2D eigenvalue weighted by molar-refractivity contribution is 8.07. The van der Waals surface area contributed by atoms with E-state index in [0.717, 1.165) is 38.8 Å². The molecule has 28 heavy (non-hydrogen) atoms. The van der Waals surface area contributed by atoms with Gasteiger partial charge in [0.1, 0.15) is 4.88 Å². The molecule has 0 saturated heterocycles. The van der Waals surface area contributed by atoms with Crippen molar-refractivity contribution in [2.45, 2.75) is 13.8 Å². The Morgan fingerprint density at radius 2 is 2.07 bits per heavy atom. The highest BCUT2D eigenvalue weighted by Crippen LogP contribution is 2.30. The normalized spacial score (nSPS) is 11.3. The van der Waals surface area contributed by atoms with E-state index in [1.807, 2.05) is 19.3 Å². The molecule has 0 atom stereocenters. The van der Waals surface area contributed by atoms with E-state index in [1.54, 1.807) is 37.2 Å². The summed E-state index contributed by atoms with van der Waals surface area (Å²) < 4.78 is 3.77. The summed E-state index contributed by atoms with van der Waals surface area (Å²) in [5, 5.41) is 6.57. The molecule has 0 aliphatic heterocycles. The van der Waals surface area contributed by atoms with E-state index in [1.165, 1.54) is 0 Å². The van der Waals surface area contributed by atoms with Crippen LogP contribution in [0.3, 0.4) is 0 Å². The molecule has 2 aromatic heterocycles. The number of allylic oxidation sites excluding steroid dienone is 2. The van der Waals surface area contributed by atoms with Crippen molar-refractivity contribution in [3.8, 4) is 11.3 Å². The third-order valence-corrected chi connectivity index (χ3v) is 5.68. The summed E-state index contributed by atoms with van der Waals surface area (Å²) in [5.74, 6) is 0.0959. The molecule has 1 N–H and O–H groups in total. The summed E-state index contributed by atoms with van der Waals surface area (Å²) in [7, 11) is 0. The lowest BCUT2D eigenvalue weighted by molar-refractivity contribution is 0.102. The van der Waals surface area contributed by atoms with Gasteiger partial charge < -0.3 is 5.32 Å². The Balaban J connectivity index is 1.85. The molecule has 0 fully saturated rings. The molecule has 0 bridgehead atoms. The second-order valence-corrected chi connectivity index (χ2v) is 7.53. The topological polar surface area (TPSA) is 80.7 Å². The number of aromatic nitrogens is 4. The van der Waals surface area contributed by atoms with E-state index in [-0.39, 0.29) is 5.91 Å². The smallest absolute Gasteiger partial charge is 0.270 e. The summed E-state index contributed by atoms with van der Waals surface area (Å²) in [6, 6.07) is 6.24. The highest BCUT2D eigenvalue weighted by Gasteiger charge is 2.14. The lowest BCUT2D eigenvalue weighted by atomic mass is 10.0. The van der Waals surface area contributed by atoms with Crippen LogP contribution in [-0.2, 0) is 0 Å². The fourth-order valence-electron chi connectivity index (χ4n) is 2.58. The molecule has 0 saturated carbocycles.